The maximum atomic E-state index is 6.81. The van der Waals surface area contributed by atoms with Gasteiger partial charge in [0.25, 0.3) is 0 Å². The van der Waals surface area contributed by atoms with Gasteiger partial charge >= 0.3 is 0 Å². The van der Waals surface area contributed by atoms with Crippen LogP contribution in [0.4, 0.5) is 0 Å². The lowest BCUT2D eigenvalue weighted by Crippen LogP contribution is -2.39. The Morgan fingerprint density at radius 1 is 0.453 bits per heavy atom. The van der Waals surface area contributed by atoms with Crippen LogP contribution in [0.5, 0.6) is 0 Å². The molecule has 8 atom stereocenters. The van der Waals surface area contributed by atoms with Crippen molar-refractivity contribution in [3.63, 3.8) is 0 Å². The fourth-order valence-corrected chi connectivity index (χ4v) is 7.01. The highest BCUT2D eigenvalue weighted by Gasteiger charge is 2.25. The quantitative estimate of drug-likeness (QED) is 0.0672. The van der Waals surface area contributed by atoms with Crippen molar-refractivity contribution in [2.24, 2.45) is 59.2 Å². The summed E-state index contributed by atoms with van der Waals surface area (Å²) in [4.78, 5) is 0. The van der Waals surface area contributed by atoms with Gasteiger partial charge in [-0.1, -0.05) is 96.9 Å². The fraction of sp³-hybridized carbons (Fsp3) is 1.00. The minimum Gasteiger partial charge on any atom is -0.381 e. The van der Waals surface area contributed by atoms with Crippen molar-refractivity contribution < 1.29 is 37.9 Å². The van der Waals surface area contributed by atoms with E-state index in [9.17, 15) is 0 Å². The Morgan fingerprint density at radius 3 is 1.40 bits per heavy atom. The van der Waals surface area contributed by atoms with Crippen LogP contribution >= 0.6 is 0 Å². The summed E-state index contributed by atoms with van der Waals surface area (Å²) >= 11 is 0. The predicted molar refractivity (Wildman–Crippen MR) is 220 cm³/mol. The fourth-order valence-electron chi connectivity index (χ4n) is 7.01. The molecule has 1 rings (SSSR count). The third kappa shape index (κ3) is 25.5. The second-order valence-corrected chi connectivity index (χ2v) is 19.1. The van der Waals surface area contributed by atoms with Gasteiger partial charge in [0, 0.05) is 12.5 Å². The molecule has 1 fully saturated rings. The summed E-state index contributed by atoms with van der Waals surface area (Å²) in [6.45, 7) is 40.5. The molecule has 318 valence electrons. The van der Waals surface area contributed by atoms with Crippen molar-refractivity contribution in [2.75, 3.05) is 72.7 Å². The molecule has 0 radical (unpaired) electrons. The summed E-state index contributed by atoms with van der Waals surface area (Å²) in [5.74, 6) is 5.38. The van der Waals surface area contributed by atoms with Crippen LogP contribution in [0.15, 0.2) is 0 Å². The van der Waals surface area contributed by atoms with Crippen LogP contribution in [-0.2, 0) is 37.9 Å². The van der Waals surface area contributed by atoms with Gasteiger partial charge in [-0.05, 0) is 85.9 Å². The molecule has 0 saturated carbocycles. The topological polar surface area (TPSA) is 73.8 Å². The molecule has 8 unspecified atom stereocenters. The maximum Gasteiger partial charge on any atom is 0.105 e. The van der Waals surface area contributed by atoms with Crippen LogP contribution in [0.1, 0.15) is 130 Å². The Kier molecular flexibility index (Phi) is 27.7. The Morgan fingerprint density at radius 2 is 0.887 bits per heavy atom. The maximum absolute atomic E-state index is 6.81. The Bertz CT molecular complexity index is 846. The lowest BCUT2D eigenvalue weighted by atomic mass is 9.88. The lowest BCUT2D eigenvalue weighted by molar-refractivity contribution is -0.164. The second kappa shape index (κ2) is 29.0. The molecule has 1 saturated heterocycles. The summed E-state index contributed by atoms with van der Waals surface area (Å²) in [5, 5.41) is 0. The summed E-state index contributed by atoms with van der Waals surface area (Å²) in [7, 11) is 0. The molecule has 0 spiro atoms. The zero-order valence-electron chi connectivity index (χ0n) is 37.5. The van der Waals surface area contributed by atoms with Gasteiger partial charge in [0.05, 0.1) is 84.4 Å². The van der Waals surface area contributed by atoms with E-state index in [-0.39, 0.29) is 30.5 Å². The Balaban J connectivity index is 2.96. The highest BCUT2D eigenvalue weighted by Crippen LogP contribution is 2.24. The van der Waals surface area contributed by atoms with Crippen molar-refractivity contribution in [1.29, 1.82) is 0 Å². The van der Waals surface area contributed by atoms with Gasteiger partial charge < -0.3 is 37.9 Å². The van der Waals surface area contributed by atoms with E-state index < -0.39 is 0 Å². The monoisotopic (exact) mass is 759 g/mol. The normalized spacial score (nSPS) is 20.7. The van der Waals surface area contributed by atoms with E-state index >= 15 is 0 Å². The van der Waals surface area contributed by atoms with Crippen LogP contribution in [0.3, 0.4) is 0 Å². The number of hydrogen-bond donors (Lipinski definition) is 0. The summed E-state index contributed by atoms with van der Waals surface area (Å²) in [5.41, 5.74) is 0. The minimum absolute atomic E-state index is 0.0488. The van der Waals surface area contributed by atoms with Crippen LogP contribution in [-0.4, -0.2) is 103 Å². The Hall–Kier alpha value is -0.320. The van der Waals surface area contributed by atoms with Crippen LogP contribution in [0, 0.1) is 59.2 Å². The van der Waals surface area contributed by atoms with Gasteiger partial charge in [0.1, 0.15) is 12.2 Å². The van der Waals surface area contributed by atoms with Crippen LogP contribution in [0.25, 0.3) is 0 Å². The van der Waals surface area contributed by atoms with E-state index in [4.69, 9.17) is 37.9 Å². The molecular formula is C45H90O8. The van der Waals surface area contributed by atoms with E-state index in [1.807, 2.05) is 6.92 Å². The van der Waals surface area contributed by atoms with E-state index in [1.54, 1.807) is 0 Å². The molecule has 0 aromatic carbocycles. The van der Waals surface area contributed by atoms with Crippen molar-refractivity contribution in [3.05, 3.63) is 0 Å². The molecule has 0 aromatic rings. The van der Waals surface area contributed by atoms with E-state index in [0.717, 1.165) is 26.1 Å². The SMILES string of the molecule is CC(C)CC(COCC(COCC(COCC(CC(C)C)C(C)C)C(C)C)OC(COCC1COCC(C)O1)CC(C)C)OCC(CC(C)C)C(C)C. The van der Waals surface area contributed by atoms with Gasteiger partial charge in [-0.15, -0.1) is 0 Å². The standard InChI is InChI=1S/C45H90O8/c1-31(2)16-39(35(9)10)21-47-22-41(37(13)14)23-48-29-45(53-43(19-34(7)8)26-50-28-44-27-46-20-38(15)52-44)30-49-25-42(18-33(5)6)51-24-40(36(11)12)17-32(3)4/h31-45H,16-30H2,1-15H3. The molecule has 8 nitrogen and oxygen atoms in total. The van der Waals surface area contributed by atoms with Crippen molar-refractivity contribution in [3.8, 4) is 0 Å². The number of rotatable bonds is 32. The molecule has 0 aliphatic carbocycles. The van der Waals surface area contributed by atoms with E-state index in [1.165, 1.54) is 12.8 Å². The number of hydrogen-bond acceptors (Lipinski definition) is 8. The van der Waals surface area contributed by atoms with Crippen molar-refractivity contribution in [2.45, 2.75) is 160 Å². The smallest absolute Gasteiger partial charge is 0.105 e. The highest BCUT2D eigenvalue weighted by molar-refractivity contribution is 4.72. The molecule has 1 aliphatic rings. The third-order valence-electron chi connectivity index (χ3n) is 10.4. The first-order valence-electron chi connectivity index (χ1n) is 21.8. The zero-order chi connectivity index (χ0) is 39.9. The average Bonchev–Trinajstić information content (AvgIpc) is 3.03. The minimum atomic E-state index is -0.231. The summed E-state index contributed by atoms with van der Waals surface area (Å²) in [6.07, 6.45) is 4.00. The molecule has 0 aromatic heterocycles. The molecule has 1 heterocycles. The first-order chi connectivity index (χ1) is 25.0. The molecular weight excluding hydrogens is 668 g/mol. The lowest BCUT2D eigenvalue weighted by Gasteiger charge is -2.30. The van der Waals surface area contributed by atoms with Crippen LogP contribution < -0.4 is 0 Å². The van der Waals surface area contributed by atoms with Crippen molar-refractivity contribution >= 4 is 0 Å². The average molecular weight is 759 g/mol. The van der Waals surface area contributed by atoms with Gasteiger partial charge in [0.15, 0.2) is 0 Å². The summed E-state index contributed by atoms with van der Waals surface area (Å²) in [6, 6.07) is 0. The van der Waals surface area contributed by atoms with Gasteiger partial charge in [0.2, 0.25) is 0 Å². The molecule has 0 N–H and O–H groups in total. The largest absolute Gasteiger partial charge is 0.381 e. The van der Waals surface area contributed by atoms with Gasteiger partial charge in [-0.25, -0.2) is 0 Å². The van der Waals surface area contributed by atoms with Crippen LogP contribution in [0.2, 0.25) is 0 Å². The Labute approximate surface area is 329 Å². The molecule has 0 amide bonds. The zero-order valence-corrected chi connectivity index (χ0v) is 37.5. The third-order valence-corrected chi connectivity index (χ3v) is 10.4. The second-order valence-electron chi connectivity index (χ2n) is 19.1. The number of ether oxygens (including phenoxy) is 8. The van der Waals surface area contributed by atoms with Crippen molar-refractivity contribution in [1.82, 2.24) is 0 Å². The predicted octanol–water partition coefficient (Wildman–Crippen LogP) is 10.00. The summed E-state index contributed by atoms with van der Waals surface area (Å²) < 4.78 is 50.6. The van der Waals surface area contributed by atoms with E-state index in [2.05, 4.69) is 96.9 Å². The molecule has 8 heteroatoms. The first kappa shape index (κ1) is 50.7. The highest BCUT2D eigenvalue weighted by atomic mass is 16.6. The first-order valence-corrected chi connectivity index (χ1v) is 21.8. The molecule has 0 bridgehead atoms. The van der Waals surface area contributed by atoms with Gasteiger partial charge in [-0.2, -0.15) is 0 Å². The van der Waals surface area contributed by atoms with E-state index in [0.29, 0.717) is 119 Å². The molecule has 53 heavy (non-hydrogen) atoms. The van der Waals surface area contributed by atoms with Gasteiger partial charge in [-0.3, -0.25) is 0 Å². The molecule has 1 aliphatic heterocycles.